The Hall–Kier alpha value is -1.31. The minimum Gasteiger partial charge on any atom is -0.494 e. The van der Waals surface area contributed by atoms with Crippen LogP contribution in [0.15, 0.2) is 24.3 Å². The van der Waals surface area contributed by atoms with Gasteiger partial charge in [-0.3, -0.25) is 0 Å². The van der Waals surface area contributed by atoms with E-state index < -0.39 is 9.84 Å². The van der Waals surface area contributed by atoms with E-state index in [1.165, 1.54) is 5.69 Å². The number of rotatable bonds is 8. The summed E-state index contributed by atoms with van der Waals surface area (Å²) in [4.78, 5) is 4.74. The van der Waals surface area contributed by atoms with Crippen molar-refractivity contribution >= 4 is 15.5 Å². The quantitative estimate of drug-likeness (QED) is 0.733. The number of sulfone groups is 1. The van der Waals surface area contributed by atoms with E-state index in [4.69, 9.17) is 10.5 Å². The van der Waals surface area contributed by atoms with E-state index in [1.807, 2.05) is 19.1 Å². The summed E-state index contributed by atoms with van der Waals surface area (Å²) in [6.07, 6.45) is 0. The molecular weight excluding hydrogens is 338 g/mol. The lowest BCUT2D eigenvalue weighted by molar-refractivity contribution is 0.334. The molecule has 2 fully saturated rings. The first kappa shape index (κ1) is 18.5. The highest BCUT2D eigenvalue weighted by molar-refractivity contribution is 7.91. The fraction of sp³-hybridized carbons (Fsp3) is 0.667. The van der Waals surface area contributed by atoms with E-state index in [-0.39, 0.29) is 18.1 Å². The number of nitrogens with two attached hydrogens (primary N) is 1. The van der Waals surface area contributed by atoms with Crippen LogP contribution in [0.3, 0.4) is 0 Å². The van der Waals surface area contributed by atoms with Crippen LogP contribution in [0.4, 0.5) is 5.69 Å². The van der Waals surface area contributed by atoms with Gasteiger partial charge in [-0.25, -0.2) is 8.42 Å². The smallest absolute Gasteiger partial charge is 0.152 e. The third-order valence-corrected chi connectivity index (χ3v) is 6.88. The predicted octanol–water partition coefficient (Wildman–Crippen LogP) is 0.827. The molecule has 0 amide bonds. The summed E-state index contributed by atoms with van der Waals surface area (Å²) in [5.74, 6) is 2.49. The van der Waals surface area contributed by atoms with Gasteiger partial charge in [-0.05, 0) is 43.0 Å². The normalized spacial score (nSPS) is 23.8. The van der Waals surface area contributed by atoms with Crippen molar-refractivity contribution in [3.8, 4) is 5.75 Å². The second-order valence-corrected chi connectivity index (χ2v) is 9.36. The van der Waals surface area contributed by atoms with E-state index in [9.17, 15) is 8.42 Å². The average Bonchev–Trinajstić information content (AvgIpc) is 3.12. The third-order valence-electron chi connectivity index (χ3n) is 5.22. The molecule has 6 nitrogen and oxygen atoms in total. The molecule has 0 bridgehead atoms. The molecule has 2 saturated heterocycles. The highest BCUT2D eigenvalue weighted by atomic mass is 32.2. The van der Waals surface area contributed by atoms with Crippen molar-refractivity contribution in [1.29, 1.82) is 0 Å². The number of nitrogens with zero attached hydrogens (tertiary/aromatic N) is 2. The van der Waals surface area contributed by atoms with Crippen LogP contribution in [0.5, 0.6) is 5.75 Å². The Bertz CT molecular complexity index is 649. The van der Waals surface area contributed by atoms with Gasteiger partial charge in [0.2, 0.25) is 0 Å². The van der Waals surface area contributed by atoms with Gasteiger partial charge in [0, 0.05) is 45.0 Å². The molecular formula is C18H29N3O3S. The van der Waals surface area contributed by atoms with Crippen molar-refractivity contribution in [2.75, 3.05) is 62.3 Å². The van der Waals surface area contributed by atoms with E-state index in [1.54, 1.807) is 0 Å². The lowest BCUT2D eigenvalue weighted by Crippen LogP contribution is -2.33. The minimum absolute atomic E-state index is 0.0964. The van der Waals surface area contributed by atoms with Gasteiger partial charge in [0.15, 0.2) is 9.84 Å². The molecule has 2 atom stereocenters. The first-order valence-corrected chi connectivity index (χ1v) is 10.9. The van der Waals surface area contributed by atoms with Crippen LogP contribution >= 0.6 is 0 Å². The number of anilines is 1. The summed E-state index contributed by atoms with van der Waals surface area (Å²) in [5, 5.41) is 0. The van der Waals surface area contributed by atoms with Gasteiger partial charge in [0.25, 0.3) is 0 Å². The molecule has 2 unspecified atom stereocenters. The topological polar surface area (TPSA) is 75.9 Å². The minimum atomic E-state index is -2.99. The number of hydrogen-bond acceptors (Lipinski definition) is 6. The summed E-state index contributed by atoms with van der Waals surface area (Å²) in [6, 6.07) is 8.31. The van der Waals surface area contributed by atoms with Gasteiger partial charge in [0.05, 0.1) is 18.1 Å². The Kier molecular flexibility index (Phi) is 5.86. The zero-order valence-electron chi connectivity index (χ0n) is 14.9. The van der Waals surface area contributed by atoms with Crippen LogP contribution in [-0.2, 0) is 9.84 Å². The summed E-state index contributed by atoms with van der Waals surface area (Å²) in [7, 11) is -2.99. The van der Waals surface area contributed by atoms with E-state index in [2.05, 4.69) is 21.9 Å². The maximum Gasteiger partial charge on any atom is 0.152 e. The molecule has 2 heterocycles. The van der Waals surface area contributed by atoms with Crippen LogP contribution in [0.1, 0.15) is 6.92 Å². The van der Waals surface area contributed by atoms with Crippen LogP contribution < -0.4 is 15.4 Å². The zero-order chi connectivity index (χ0) is 17.9. The predicted molar refractivity (Wildman–Crippen MR) is 101 cm³/mol. The summed E-state index contributed by atoms with van der Waals surface area (Å²) in [6.45, 7) is 7.61. The fourth-order valence-corrected chi connectivity index (χ4v) is 5.05. The lowest BCUT2D eigenvalue weighted by atomic mass is 10.0. The first-order valence-electron chi connectivity index (χ1n) is 9.11. The highest BCUT2D eigenvalue weighted by Gasteiger charge is 2.40. The molecule has 2 aliphatic heterocycles. The van der Waals surface area contributed by atoms with Gasteiger partial charge in [0.1, 0.15) is 5.75 Å². The van der Waals surface area contributed by atoms with Crippen LogP contribution in [0.2, 0.25) is 0 Å². The van der Waals surface area contributed by atoms with Crippen LogP contribution in [0.25, 0.3) is 0 Å². The van der Waals surface area contributed by atoms with Crippen molar-refractivity contribution in [3.63, 3.8) is 0 Å². The highest BCUT2D eigenvalue weighted by Crippen LogP contribution is 2.34. The maximum atomic E-state index is 11.8. The second kappa shape index (κ2) is 7.93. The molecule has 140 valence electrons. The van der Waals surface area contributed by atoms with Gasteiger partial charge in [-0.15, -0.1) is 0 Å². The third kappa shape index (κ3) is 4.65. The average molecular weight is 368 g/mol. The van der Waals surface area contributed by atoms with Crippen molar-refractivity contribution in [2.45, 2.75) is 6.92 Å². The van der Waals surface area contributed by atoms with Gasteiger partial charge in [-0.2, -0.15) is 0 Å². The van der Waals surface area contributed by atoms with Gasteiger partial charge >= 0.3 is 0 Å². The number of likely N-dealkylation sites (tertiary alicyclic amines) is 1. The monoisotopic (exact) mass is 367 g/mol. The lowest BCUT2D eigenvalue weighted by Gasteiger charge is -2.23. The first-order chi connectivity index (χ1) is 12.0. The molecule has 0 radical (unpaired) electrons. The van der Waals surface area contributed by atoms with Crippen LogP contribution in [-0.4, -0.2) is 70.7 Å². The number of hydrogen-bond donors (Lipinski definition) is 1. The molecule has 0 saturated carbocycles. The van der Waals surface area contributed by atoms with Gasteiger partial charge < -0.3 is 20.3 Å². The SMILES string of the molecule is CCOc1ccc(N2CC3CN(CCS(=O)(=O)CCN)CC3C2)cc1. The van der Waals surface area contributed by atoms with Crippen molar-refractivity contribution in [1.82, 2.24) is 4.90 Å². The molecule has 7 heteroatoms. The Balaban J connectivity index is 1.49. The summed E-state index contributed by atoms with van der Waals surface area (Å²) >= 11 is 0. The molecule has 0 aliphatic carbocycles. The zero-order valence-corrected chi connectivity index (χ0v) is 15.7. The number of benzene rings is 1. The molecule has 2 N–H and O–H groups in total. The Morgan fingerprint density at radius 2 is 1.72 bits per heavy atom. The van der Waals surface area contributed by atoms with E-state index in [0.29, 0.717) is 25.0 Å². The molecule has 1 aromatic rings. The molecule has 0 aromatic heterocycles. The Morgan fingerprint density at radius 1 is 1.08 bits per heavy atom. The van der Waals surface area contributed by atoms with Crippen molar-refractivity contribution in [2.24, 2.45) is 17.6 Å². The molecule has 25 heavy (non-hydrogen) atoms. The second-order valence-electron chi connectivity index (χ2n) is 7.05. The number of ether oxygens (including phenoxy) is 1. The summed E-state index contributed by atoms with van der Waals surface area (Å²) < 4.78 is 29.1. The molecule has 3 rings (SSSR count). The van der Waals surface area contributed by atoms with E-state index >= 15 is 0 Å². The van der Waals surface area contributed by atoms with Gasteiger partial charge in [-0.1, -0.05) is 0 Å². The fourth-order valence-electron chi connectivity index (χ4n) is 3.95. The Labute approximate surface area is 150 Å². The van der Waals surface area contributed by atoms with Crippen molar-refractivity contribution in [3.05, 3.63) is 24.3 Å². The molecule has 2 aliphatic rings. The summed E-state index contributed by atoms with van der Waals surface area (Å²) in [5.41, 5.74) is 6.61. The van der Waals surface area contributed by atoms with E-state index in [0.717, 1.165) is 31.9 Å². The van der Waals surface area contributed by atoms with Crippen molar-refractivity contribution < 1.29 is 13.2 Å². The molecule has 1 aromatic carbocycles. The van der Waals surface area contributed by atoms with Crippen LogP contribution in [0, 0.1) is 11.8 Å². The Morgan fingerprint density at radius 3 is 2.28 bits per heavy atom. The largest absolute Gasteiger partial charge is 0.494 e. The maximum absolute atomic E-state index is 11.8. The molecule has 0 spiro atoms. The number of fused-ring (bicyclic) bond motifs is 1. The standard InChI is InChI=1S/C18H29N3O3S/c1-2-24-18-5-3-17(4-6-18)21-13-15-11-20(12-16(15)14-21)8-10-25(22,23)9-7-19/h3-6,15-16H,2,7-14,19H2,1H3.